The molecule has 6 nitrogen and oxygen atoms in total. The van der Waals surface area contributed by atoms with Crippen molar-refractivity contribution < 1.29 is 4.79 Å². The Hall–Kier alpha value is -2.12. The summed E-state index contributed by atoms with van der Waals surface area (Å²) in [6.45, 7) is 3.97. The Morgan fingerprint density at radius 3 is 2.63 bits per heavy atom. The van der Waals surface area contributed by atoms with Crippen molar-refractivity contribution in [1.29, 1.82) is 0 Å². The van der Waals surface area contributed by atoms with E-state index < -0.39 is 0 Å². The molecule has 1 aromatic carbocycles. The highest BCUT2D eigenvalue weighted by molar-refractivity contribution is 9.10. The molecule has 1 saturated heterocycles. The number of hydrogen-bond donors (Lipinski definition) is 0. The van der Waals surface area contributed by atoms with Crippen molar-refractivity contribution in [2.45, 2.75) is 19.4 Å². The van der Waals surface area contributed by atoms with Crippen LogP contribution in [0.5, 0.6) is 0 Å². The summed E-state index contributed by atoms with van der Waals surface area (Å²) < 4.78 is 4.66. The van der Waals surface area contributed by atoms with Gasteiger partial charge in [0.25, 0.3) is 5.56 Å². The molecule has 27 heavy (non-hydrogen) atoms. The lowest BCUT2D eigenvalue weighted by atomic mass is 10.2. The molecular weight excluding hydrogens is 408 g/mol. The maximum absolute atomic E-state index is 13.0. The van der Waals surface area contributed by atoms with E-state index in [1.54, 1.807) is 4.57 Å². The largest absolute Gasteiger partial charge is 0.340 e. The molecule has 1 amide bonds. The van der Waals surface area contributed by atoms with Crippen LogP contribution in [0.2, 0.25) is 0 Å². The van der Waals surface area contributed by atoms with E-state index in [1.807, 2.05) is 45.8 Å². The Morgan fingerprint density at radius 1 is 1.07 bits per heavy atom. The number of aryl methyl sites for hydroxylation is 1. The molecule has 0 atom stereocenters. The number of amides is 1. The van der Waals surface area contributed by atoms with E-state index in [0.717, 1.165) is 41.7 Å². The van der Waals surface area contributed by atoms with E-state index in [1.165, 1.54) is 0 Å². The number of likely N-dealkylation sites (N-methyl/N-ethyl adjacent to an activating group) is 1. The average molecular weight is 431 g/mol. The van der Waals surface area contributed by atoms with Gasteiger partial charge in [0.1, 0.15) is 5.52 Å². The number of nitrogens with zero attached hydrogens (tertiary/aromatic N) is 4. The highest BCUT2D eigenvalue weighted by Crippen LogP contribution is 2.21. The molecule has 0 unspecified atom stereocenters. The van der Waals surface area contributed by atoms with Gasteiger partial charge in [0.05, 0.1) is 11.0 Å². The van der Waals surface area contributed by atoms with Gasteiger partial charge < -0.3 is 18.8 Å². The van der Waals surface area contributed by atoms with Crippen molar-refractivity contribution in [2.75, 3.05) is 33.2 Å². The molecule has 1 aliphatic heterocycles. The van der Waals surface area contributed by atoms with Gasteiger partial charge in [0.15, 0.2) is 0 Å². The van der Waals surface area contributed by atoms with Gasteiger partial charge in [-0.3, -0.25) is 9.59 Å². The number of benzene rings is 1. The van der Waals surface area contributed by atoms with Crippen LogP contribution < -0.4 is 5.56 Å². The van der Waals surface area contributed by atoms with E-state index >= 15 is 0 Å². The summed E-state index contributed by atoms with van der Waals surface area (Å²) in [5, 5.41) is 0. The Balaban J connectivity index is 1.56. The number of carbonyl (C=O) groups is 1. The molecule has 1 fully saturated rings. The number of hydrogen-bond acceptors (Lipinski definition) is 3. The van der Waals surface area contributed by atoms with Gasteiger partial charge in [-0.05, 0) is 43.8 Å². The van der Waals surface area contributed by atoms with Gasteiger partial charge in [-0.1, -0.05) is 15.9 Å². The molecule has 7 heteroatoms. The second-order valence-electron chi connectivity index (χ2n) is 7.14. The smallest absolute Gasteiger partial charge is 0.275 e. The summed E-state index contributed by atoms with van der Waals surface area (Å²) in [6.07, 6.45) is 3.04. The van der Waals surface area contributed by atoms with Crippen LogP contribution in [0.1, 0.15) is 12.8 Å². The summed E-state index contributed by atoms with van der Waals surface area (Å²) in [5.74, 6) is 0.186. The molecule has 0 spiro atoms. The fourth-order valence-electron chi connectivity index (χ4n) is 3.75. The molecule has 0 aliphatic carbocycles. The van der Waals surface area contributed by atoms with Crippen molar-refractivity contribution in [2.24, 2.45) is 0 Å². The van der Waals surface area contributed by atoms with Gasteiger partial charge in [-0.15, -0.1) is 0 Å². The van der Waals surface area contributed by atoms with Gasteiger partial charge in [0.2, 0.25) is 5.91 Å². The molecule has 4 rings (SSSR count). The van der Waals surface area contributed by atoms with Crippen LogP contribution in [0.15, 0.2) is 45.8 Å². The second kappa shape index (κ2) is 7.48. The normalized spacial score (nSPS) is 15.7. The quantitative estimate of drug-likeness (QED) is 0.638. The first kappa shape index (κ1) is 18.3. The van der Waals surface area contributed by atoms with Crippen molar-refractivity contribution >= 4 is 38.4 Å². The Kier molecular flexibility index (Phi) is 5.06. The van der Waals surface area contributed by atoms with Crippen LogP contribution in [-0.2, 0) is 11.3 Å². The molecule has 0 N–H and O–H groups in total. The zero-order valence-corrected chi connectivity index (χ0v) is 17.0. The van der Waals surface area contributed by atoms with E-state index in [4.69, 9.17) is 0 Å². The minimum absolute atomic E-state index is 0.0161. The average Bonchev–Trinajstić information content (AvgIpc) is 3.15. The summed E-state index contributed by atoms with van der Waals surface area (Å²) in [4.78, 5) is 29.6. The second-order valence-corrected chi connectivity index (χ2v) is 8.06. The Bertz CT molecular complexity index is 1050. The SMILES string of the molecule is CN1CCN(C(=O)CCCn2c(=O)c3cccn3c3ccc(Br)cc32)CC1. The Labute approximate surface area is 166 Å². The third-order valence-electron chi connectivity index (χ3n) is 5.33. The van der Waals surface area contributed by atoms with Gasteiger partial charge in [-0.2, -0.15) is 0 Å². The van der Waals surface area contributed by atoms with Crippen molar-refractivity contribution in [1.82, 2.24) is 18.8 Å². The zero-order chi connectivity index (χ0) is 19.0. The fourth-order valence-corrected chi connectivity index (χ4v) is 4.10. The van der Waals surface area contributed by atoms with Crippen LogP contribution in [0.4, 0.5) is 0 Å². The van der Waals surface area contributed by atoms with Crippen LogP contribution in [0.3, 0.4) is 0 Å². The summed E-state index contributed by atoms with van der Waals surface area (Å²) >= 11 is 3.50. The fraction of sp³-hybridized carbons (Fsp3) is 0.400. The molecule has 0 saturated carbocycles. The van der Waals surface area contributed by atoms with Crippen LogP contribution in [-0.4, -0.2) is 57.9 Å². The van der Waals surface area contributed by atoms with Crippen molar-refractivity contribution in [3.05, 3.63) is 51.4 Å². The van der Waals surface area contributed by atoms with Crippen molar-refractivity contribution in [3.63, 3.8) is 0 Å². The molecule has 142 valence electrons. The maximum atomic E-state index is 13.0. The van der Waals surface area contributed by atoms with Gasteiger partial charge in [0, 0.05) is 49.8 Å². The monoisotopic (exact) mass is 430 g/mol. The minimum atomic E-state index is -0.0161. The lowest BCUT2D eigenvalue weighted by Crippen LogP contribution is -2.47. The first-order valence-electron chi connectivity index (χ1n) is 9.30. The van der Waals surface area contributed by atoms with E-state index in [-0.39, 0.29) is 11.5 Å². The molecule has 3 heterocycles. The third-order valence-corrected chi connectivity index (χ3v) is 5.82. The molecule has 0 bridgehead atoms. The van der Waals surface area contributed by atoms with E-state index in [2.05, 4.69) is 27.9 Å². The topological polar surface area (TPSA) is 50.0 Å². The first-order valence-corrected chi connectivity index (χ1v) is 10.1. The third kappa shape index (κ3) is 3.53. The lowest BCUT2D eigenvalue weighted by Gasteiger charge is -2.32. The summed E-state index contributed by atoms with van der Waals surface area (Å²) in [7, 11) is 2.08. The predicted molar refractivity (Wildman–Crippen MR) is 110 cm³/mol. The number of aromatic nitrogens is 2. The standard InChI is InChI=1S/C20H23BrN4O2/c1-22-10-12-23(13-11-22)19(26)5-3-9-25-18-14-15(21)6-7-16(18)24-8-2-4-17(24)20(25)27/h2,4,6-8,14H,3,5,9-13H2,1H3. The number of rotatable bonds is 4. The summed E-state index contributed by atoms with van der Waals surface area (Å²) in [5.41, 5.74) is 2.51. The lowest BCUT2D eigenvalue weighted by molar-refractivity contribution is -0.132. The van der Waals surface area contributed by atoms with Crippen LogP contribution >= 0.6 is 15.9 Å². The zero-order valence-electron chi connectivity index (χ0n) is 15.4. The number of fused-ring (bicyclic) bond motifs is 3. The van der Waals surface area contributed by atoms with Gasteiger partial charge in [-0.25, -0.2) is 0 Å². The van der Waals surface area contributed by atoms with Crippen LogP contribution in [0, 0.1) is 0 Å². The summed E-state index contributed by atoms with van der Waals surface area (Å²) in [6, 6.07) is 9.69. The number of piperazine rings is 1. The highest BCUT2D eigenvalue weighted by Gasteiger charge is 2.19. The molecule has 0 radical (unpaired) electrons. The first-order chi connectivity index (χ1) is 13.0. The maximum Gasteiger partial charge on any atom is 0.275 e. The van der Waals surface area contributed by atoms with E-state index in [0.29, 0.717) is 24.9 Å². The van der Waals surface area contributed by atoms with Gasteiger partial charge >= 0.3 is 0 Å². The van der Waals surface area contributed by atoms with Crippen LogP contribution in [0.25, 0.3) is 16.6 Å². The Morgan fingerprint density at radius 2 is 1.85 bits per heavy atom. The molecule has 3 aromatic rings. The van der Waals surface area contributed by atoms with Crippen molar-refractivity contribution in [3.8, 4) is 0 Å². The minimum Gasteiger partial charge on any atom is -0.340 e. The highest BCUT2D eigenvalue weighted by atomic mass is 79.9. The molecule has 2 aromatic heterocycles. The predicted octanol–water partition coefficient (Wildman–Crippen LogP) is 2.57. The molecular formula is C20H23BrN4O2. The molecule has 1 aliphatic rings. The number of halogens is 1. The number of carbonyl (C=O) groups excluding carboxylic acids is 1. The van der Waals surface area contributed by atoms with E-state index in [9.17, 15) is 9.59 Å².